The molecule has 1 atom stereocenters. The lowest BCUT2D eigenvalue weighted by Crippen LogP contribution is -2.39. The van der Waals surface area contributed by atoms with Crippen molar-refractivity contribution in [3.63, 3.8) is 0 Å². The van der Waals surface area contributed by atoms with Crippen LogP contribution in [0.5, 0.6) is 0 Å². The number of thiol groups is 2. The van der Waals surface area contributed by atoms with Crippen LogP contribution in [0, 0.1) is 13.8 Å². The number of aromatic amines is 1. The molecule has 0 fully saturated rings. The summed E-state index contributed by atoms with van der Waals surface area (Å²) in [5, 5.41) is 0.0622. The van der Waals surface area contributed by atoms with Gasteiger partial charge in [0.2, 0.25) is 0 Å². The lowest BCUT2D eigenvalue weighted by atomic mass is 10.1. The molecule has 1 unspecified atom stereocenters. The van der Waals surface area contributed by atoms with E-state index in [1.807, 2.05) is 24.6 Å². The summed E-state index contributed by atoms with van der Waals surface area (Å²) in [6, 6.07) is 5.58. The summed E-state index contributed by atoms with van der Waals surface area (Å²) in [6.07, 6.45) is -1.79. The molecule has 3 aromatic rings. The number of pyridine rings is 1. The van der Waals surface area contributed by atoms with Gasteiger partial charge in [-0.3, -0.25) is 0 Å². The Hall–Kier alpha value is -1.67. The Balaban J connectivity index is 2.13. The first kappa shape index (κ1) is 19.1. The number of halogens is 3. The van der Waals surface area contributed by atoms with Gasteiger partial charge in [0.05, 0.1) is 17.5 Å². The lowest BCUT2D eigenvalue weighted by molar-refractivity contribution is -0.612. The number of fused-ring (bicyclic) bond motifs is 1. The van der Waals surface area contributed by atoms with Crippen molar-refractivity contribution in [3.05, 3.63) is 52.8 Å². The molecule has 3 rings (SSSR count). The van der Waals surface area contributed by atoms with Crippen LogP contribution in [0.4, 0.5) is 13.2 Å². The number of nitrogens with one attached hydrogen (secondary N) is 1. The second kappa shape index (κ2) is 7.15. The van der Waals surface area contributed by atoms with Gasteiger partial charge in [0.15, 0.2) is 5.52 Å². The van der Waals surface area contributed by atoms with Crippen molar-refractivity contribution in [1.82, 2.24) is 9.97 Å². The topological polar surface area (TPSA) is 32.6 Å². The summed E-state index contributed by atoms with van der Waals surface area (Å²) in [5.74, 6) is 1.10. The van der Waals surface area contributed by atoms with Gasteiger partial charge in [0.25, 0.3) is 0 Å². The van der Waals surface area contributed by atoms with Crippen molar-refractivity contribution >= 4 is 36.3 Å². The van der Waals surface area contributed by atoms with Gasteiger partial charge in [-0.2, -0.15) is 38.4 Å². The highest BCUT2D eigenvalue weighted by Gasteiger charge is 2.31. The molecule has 3 nitrogen and oxygen atoms in total. The van der Waals surface area contributed by atoms with E-state index < -0.39 is 11.7 Å². The number of hydrogen-bond donors (Lipinski definition) is 3. The Morgan fingerprint density at radius 1 is 1.23 bits per heavy atom. The number of rotatable bonds is 4. The fourth-order valence-electron chi connectivity index (χ4n) is 2.96. The molecule has 0 saturated carbocycles. The number of nitrogens with zero attached hydrogens (tertiary/aromatic N) is 2. The molecular formula is C18H19F3N3S2+. The van der Waals surface area contributed by atoms with Crippen LogP contribution >= 0.6 is 25.3 Å². The largest absolute Gasteiger partial charge is 0.416 e. The first-order valence-corrected chi connectivity index (χ1v) is 9.22. The predicted molar refractivity (Wildman–Crippen MR) is 102 cm³/mol. The molecule has 8 heteroatoms. The van der Waals surface area contributed by atoms with Crippen LogP contribution in [0.15, 0.2) is 30.5 Å². The third-order valence-electron chi connectivity index (χ3n) is 4.19. The van der Waals surface area contributed by atoms with Crippen molar-refractivity contribution in [3.8, 4) is 5.95 Å². The molecule has 0 bridgehead atoms. The van der Waals surface area contributed by atoms with Gasteiger partial charge >= 0.3 is 12.1 Å². The number of hydrogen-bond acceptors (Lipinski definition) is 3. The summed E-state index contributed by atoms with van der Waals surface area (Å²) in [5.41, 5.74) is 3.24. The van der Waals surface area contributed by atoms with E-state index >= 15 is 0 Å². The quantitative estimate of drug-likeness (QED) is 0.446. The fraction of sp³-hybridized carbons (Fsp3) is 0.333. The number of alkyl halides is 3. The van der Waals surface area contributed by atoms with Gasteiger partial charge in [-0.15, -0.1) is 0 Å². The fourth-order valence-corrected chi connectivity index (χ4v) is 3.26. The highest BCUT2D eigenvalue weighted by atomic mass is 32.1. The summed E-state index contributed by atoms with van der Waals surface area (Å²) in [4.78, 5) is 7.50. The van der Waals surface area contributed by atoms with Crippen LogP contribution < -0.4 is 4.57 Å². The minimum absolute atomic E-state index is 0.0622. The first-order chi connectivity index (χ1) is 12.2. The zero-order chi connectivity index (χ0) is 19.1. The van der Waals surface area contributed by atoms with E-state index in [4.69, 9.17) is 0 Å². The van der Waals surface area contributed by atoms with Gasteiger partial charge in [0, 0.05) is 17.4 Å². The summed E-state index contributed by atoms with van der Waals surface area (Å²) in [6.45, 7) is 3.97. The molecule has 138 valence electrons. The highest BCUT2D eigenvalue weighted by molar-refractivity contribution is 7.84. The molecule has 0 saturated heterocycles. The normalized spacial score (nSPS) is 13.3. The minimum Gasteiger partial charge on any atom is -0.238 e. The number of aromatic nitrogens is 3. The molecule has 2 heterocycles. The van der Waals surface area contributed by atoms with Crippen molar-refractivity contribution in [2.45, 2.75) is 31.7 Å². The van der Waals surface area contributed by atoms with Crippen LogP contribution in [0.1, 0.15) is 22.4 Å². The Bertz CT molecular complexity index is 951. The van der Waals surface area contributed by atoms with Crippen LogP contribution in [0.3, 0.4) is 0 Å². The van der Waals surface area contributed by atoms with E-state index in [0.717, 1.165) is 29.0 Å². The van der Waals surface area contributed by atoms with Crippen LogP contribution in [0.2, 0.25) is 0 Å². The van der Waals surface area contributed by atoms with E-state index in [1.165, 1.54) is 6.07 Å². The van der Waals surface area contributed by atoms with Gasteiger partial charge < -0.3 is 0 Å². The van der Waals surface area contributed by atoms with Gasteiger partial charge in [-0.05, 0) is 43.2 Å². The lowest BCUT2D eigenvalue weighted by Gasteiger charge is -2.13. The summed E-state index contributed by atoms with van der Waals surface area (Å²) >= 11 is 8.81. The van der Waals surface area contributed by atoms with E-state index in [0.29, 0.717) is 29.2 Å². The van der Waals surface area contributed by atoms with Crippen LogP contribution in [-0.4, -0.2) is 21.0 Å². The number of imidazole rings is 1. The maximum Gasteiger partial charge on any atom is 0.416 e. The Kier molecular flexibility index (Phi) is 5.25. The number of H-pyrrole nitrogens is 1. The maximum absolute atomic E-state index is 12.9. The average Bonchev–Trinajstić information content (AvgIpc) is 2.99. The average molecular weight is 398 g/mol. The molecule has 0 spiro atoms. The molecule has 1 N–H and O–H groups in total. The minimum atomic E-state index is -4.39. The molecule has 0 aliphatic heterocycles. The van der Waals surface area contributed by atoms with Crippen molar-refractivity contribution in [2.24, 2.45) is 0 Å². The van der Waals surface area contributed by atoms with E-state index in [2.05, 4.69) is 41.3 Å². The number of aryl methyl sites for hydroxylation is 2. The summed E-state index contributed by atoms with van der Waals surface area (Å²) in [7, 11) is 0. The van der Waals surface area contributed by atoms with Crippen molar-refractivity contribution in [2.75, 3.05) is 5.75 Å². The number of benzene rings is 1. The second-order valence-corrected chi connectivity index (χ2v) is 7.44. The van der Waals surface area contributed by atoms with Crippen molar-refractivity contribution in [1.29, 1.82) is 0 Å². The molecule has 1 aromatic carbocycles. The SMILES string of the molecule is Cc1cc(C)c(CC(S)CS)[n+](-c2nc3ccc(C(F)(F)F)cc3[nH]2)c1. The van der Waals surface area contributed by atoms with E-state index in [-0.39, 0.29) is 5.25 Å². The Labute approximate surface area is 160 Å². The van der Waals surface area contributed by atoms with Gasteiger partial charge in [-0.1, -0.05) is 11.1 Å². The van der Waals surface area contributed by atoms with Gasteiger partial charge in [0.1, 0.15) is 5.52 Å². The molecule has 0 aliphatic carbocycles. The van der Waals surface area contributed by atoms with Crippen LogP contribution in [-0.2, 0) is 12.6 Å². The predicted octanol–water partition coefficient (Wildman–Crippen LogP) is 4.25. The van der Waals surface area contributed by atoms with Crippen molar-refractivity contribution < 1.29 is 17.7 Å². The smallest absolute Gasteiger partial charge is 0.238 e. The molecule has 26 heavy (non-hydrogen) atoms. The zero-order valence-electron chi connectivity index (χ0n) is 14.3. The van der Waals surface area contributed by atoms with E-state index in [1.54, 1.807) is 0 Å². The third kappa shape index (κ3) is 3.86. The Morgan fingerprint density at radius 3 is 2.62 bits per heavy atom. The molecule has 0 aliphatic rings. The first-order valence-electron chi connectivity index (χ1n) is 8.07. The Morgan fingerprint density at radius 2 is 1.96 bits per heavy atom. The van der Waals surface area contributed by atoms with Gasteiger partial charge in [-0.25, -0.2) is 9.55 Å². The monoisotopic (exact) mass is 398 g/mol. The summed E-state index contributed by atoms with van der Waals surface area (Å²) < 4.78 is 40.7. The second-order valence-electron chi connectivity index (χ2n) is 6.35. The standard InChI is InChI=1S/C18H18F3N3S2/c1-10-5-11(2)16(7-13(26)9-25)24(8-10)17-22-14-4-3-12(18(19,20)21)6-15(14)23-17/h3-6,8,13H,7,9H2,1-2H3,(H2-,22,23,25,26)/p+1. The third-order valence-corrected chi connectivity index (χ3v) is 5.28. The molecule has 0 radical (unpaired) electrons. The van der Waals surface area contributed by atoms with E-state index in [9.17, 15) is 13.2 Å². The molecule has 2 aromatic heterocycles. The molecule has 0 amide bonds. The maximum atomic E-state index is 12.9. The zero-order valence-corrected chi connectivity index (χ0v) is 16.1. The van der Waals surface area contributed by atoms with Crippen LogP contribution in [0.25, 0.3) is 17.0 Å². The molecular weight excluding hydrogens is 379 g/mol. The highest BCUT2D eigenvalue weighted by Crippen LogP contribution is 2.31.